The quantitative estimate of drug-likeness (QED) is 0.187. The molecule has 3 saturated heterocycles. The summed E-state index contributed by atoms with van der Waals surface area (Å²) < 4.78 is 50.0. The fourth-order valence-electron chi connectivity index (χ4n) is 10.8. The number of carbonyl (C=O) groups excluding carboxylic acids is 1. The molecule has 13 heteroatoms. The van der Waals surface area contributed by atoms with Gasteiger partial charge >= 0.3 is 12.1 Å². The summed E-state index contributed by atoms with van der Waals surface area (Å²) in [6.07, 6.45) is 15.5. The highest BCUT2D eigenvalue weighted by Crippen LogP contribution is 2.54. The van der Waals surface area contributed by atoms with Gasteiger partial charge in [-0.3, -0.25) is 9.88 Å². The zero-order valence-corrected chi connectivity index (χ0v) is 33.7. The number of rotatable bonds is 7. The number of terminal acetylenes is 1. The van der Waals surface area contributed by atoms with E-state index in [1.54, 1.807) is 0 Å². The predicted molar refractivity (Wildman–Crippen MR) is 217 cm³/mol. The first-order valence-corrected chi connectivity index (χ1v) is 20.8. The minimum Gasteiger partial charge on any atom is -0.508 e. The number of likely N-dealkylation sites (tertiary alicyclic amines) is 2. The smallest absolute Gasteiger partial charge is 0.410 e. The first-order chi connectivity index (χ1) is 27.8. The fraction of sp³-hybridized carbons (Fsp3) is 0.556. The van der Waals surface area contributed by atoms with Gasteiger partial charge in [-0.2, -0.15) is 9.97 Å². The normalized spacial score (nSPS) is 23.6. The van der Waals surface area contributed by atoms with Crippen molar-refractivity contribution in [3.8, 4) is 35.4 Å². The fourth-order valence-corrected chi connectivity index (χ4v) is 10.8. The lowest BCUT2D eigenvalue weighted by atomic mass is 9.57. The van der Waals surface area contributed by atoms with Gasteiger partial charge in [-0.25, -0.2) is 13.6 Å². The molecule has 5 heterocycles. The van der Waals surface area contributed by atoms with Gasteiger partial charge in [0.2, 0.25) is 0 Å². The number of hydrogen-bond acceptors (Lipinski definition) is 10. The minimum absolute atomic E-state index is 0.0243. The molecule has 2 saturated carbocycles. The molecule has 9 rings (SSSR count). The number of pyridine rings is 1. The van der Waals surface area contributed by atoms with E-state index in [2.05, 4.69) is 20.7 Å². The summed E-state index contributed by atoms with van der Waals surface area (Å²) in [5.41, 5.74) is -0.292. The molecule has 2 atom stereocenters. The lowest BCUT2D eigenvalue weighted by Gasteiger charge is -2.60. The Labute approximate surface area is 338 Å². The standard InChI is InChI=1S/C45H52F2N6O5/c1-5-31-34(46)11-10-29-19-30(54)20-32(36(29)31)38-37(47)39-33(23-48-38)40(51-15-8-17-56-18-16-51)50-41(49-39)57-27-45-12-6-9-35(45)52(14-7-13-45)24-28-21-44(22-28)25-53(26-44)42(55)58-43(2,3)4/h1,10-11,19-20,23,28,35,54H,6-9,12-18,21-22,24-27H2,2-4H3. The third-order valence-electron chi connectivity index (χ3n) is 13.2. The number of aromatic hydroxyl groups is 1. The van der Waals surface area contributed by atoms with Gasteiger partial charge in [0.1, 0.15) is 34.2 Å². The summed E-state index contributed by atoms with van der Waals surface area (Å²) in [7, 11) is 0. The first kappa shape index (κ1) is 38.7. The minimum atomic E-state index is -0.740. The molecule has 11 nitrogen and oxygen atoms in total. The molecule has 1 N–H and O–H groups in total. The highest BCUT2D eigenvalue weighted by Gasteiger charge is 2.56. The Kier molecular flexibility index (Phi) is 9.87. The van der Waals surface area contributed by atoms with Crippen LogP contribution in [-0.2, 0) is 9.47 Å². The Bertz CT molecular complexity index is 2290. The molecule has 1 spiro atoms. The summed E-state index contributed by atoms with van der Waals surface area (Å²) in [5, 5.41) is 11.8. The topological polar surface area (TPSA) is 113 Å². The van der Waals surface area contributed by atoms with Crippen LogP contribution in [0.1, 0.15) is 77.7 Å². The van der Waals surface area contributed by atoms with E-state index in [1.165, 1.54) is 30.5 Å². The van der Waals surface area contributed by atoms with Crippen molar-refractivity contribution in [2.45, 2.75) is 83.8 Å². The highest BCUT2D eigenvalue weighted by atomic mass is 19.1. The Balaban J connectivity index is 0.977. The zero-order valence-electron chi connectivity index (χ0n) is 33.7. The van der Waals surface area contributed by atoms with Crippen LogP contribution in [0.5, 0.6) is 11.8 Å². The molecular weight excluding hydrogens is 743 g/mol. The van der Waals surface area contributed by atoms with Crippen LogP contribution in [0.2, 0.25) is 0 Å². The SMILES string of the molecule is C#Cc1c(F)ccc2cc(O)cc(-c3ncc4c(N5CCCOCC5)nc(OCC56CCCC5N(CC5CC7(C5)CN(C(=O)OC(C)(C)C)C7)CCC6)nc4c3F)c12. The van der Waals surface area contributed by atoms with Gasteiger partial charge in [-0.1, -0.05) is 18.4 Å². The first-order valence-electron chi connectivity index (χ1n) is 20.8. The molecule has 1 amide bonds. The average Bonchev–Trinajstić information content (AvgIpc) is 3.40. The largest absolute Gasteiger partial charge is 0.508 e. The van der Waals surface area contributed by atoms with Gasteiger partial charge in [0.05, 0.1) is 24.2 Å². The van der Waals surface area contributed by atoms with Crippen LogP contribution >= 0.6 is 0 Å². The van der Waals surface area contributed by atoms with Crippen LogP contribution in [-0.4, -0.2) is 107 Å². The Morgan fingerprint density at radius 2 is 1.88 bits per heavy atom. The maximum absolute atomic E-state index is 17.1. The van der Waals surface area contributed by atoms with Crippen molar-refractivity contribution in [2.24, 2.45) is 16.7 Å². The molecule has 4 aromatic rings. The number of phenols is 1. The van der Waals surface area contributed by atoms with Crippen molar-refractivity contribution in [1.82, 2.24) is 24.8 Å². The molecule has 3 aliphatic heterocycles. The monoisotopic (exact) mass is 794 g/mol. The lowest BCUT2D eigenvalue weighted by molar-refractivity contribution is -0.108. The number of hydrogen-bond donors (Lipinski definition) is 1. The van der Waals surface area contributed by atoms with Crippen LogP contribution in [0.25, 0.3) is 32.9 Å². The number of anilines is 1. The van der Waals surface area contributed by atoms with E-state index in [1.807, 2.05) is 25.7 Å². The van der Waals surface area contributed by atoms with Gasteiger partial charge < -0.3 is 29.1 Å². The van der Waals surface area contributed by atoms with Crippen LogP contribution < -0.4 is 9.64 Å². The van der Waals surface area contributed by atoms with Gasteiger partial charge in [0, 0.05) is 73.3 Å². The van der Waals surface area contributed by atoms with Crippen LogP contribution in [0, 0.1) is 40.7 Å². The predicted octanol–water partition coefficient (Wildman–Crippen LogP) is 7.70. The second kappa shape index (κ2) is 14.8. The number of phenolic OH excluding ortho intramolecular Hbond substituents is 1. The number of fused-ring (bicyclic) bond motifs is 3. The number of nitrogens with zero attached hydrogens (tertiary/aromatic N) is 6. The third kappa shape index (κ3) is 7.06. The maximum atomic E-state index is 17.1. The molecule has 58 heavy (non-hydrogen) atoms. The molecule has 2 aromatic heterocycles. The molecule has 0 bridgehead atoms. The molecular formula is C45H52F2N6O5. The van der Waals surface area contributed by atoms with Crippen LogP contribution in [0.3, 0.4) is 0 Å². The Hall–Kier alpha value is -4.80. The summed E-state index contributed by atoms with van der Waals surface area (Å²) in [6.45, 7) is 12.1. The zero-order chi connectivity index (χ0) is 40.4. The number of amides is 1. The number of ether oxygens (including phenoxy) is 3. The molecule has 2 aliphatic carbocycles. The van der Waals surface area contributed by atoms with Crippen LogP contribution in [0.15, 0.2) is 30.5 Å². The average molecular weight is 795 g/mol. The van der Waals surface area contributed by atoms with E-state index in [4.69, 9.17) is 30.6 Å². The second-order valence-electron chi connectivity index (χ2n) is 18.4. The number of benzene rings is 2. The van der Waals surface area contributed by atoms with Crippen molar-refractivity contribution in [3.63, 3.8) is 0 Å². The van der Waals surface area contributed by atoms with E-state index in [0.717, 1.165) is 77.5 Å². The summed E-state index contributed by atoms with van der Waals surface area (Å²) in [6, 6.07) is 6.02. The van der Waals surface area contributed by atoms with Crippen molar-refractivity contribution < 1.29 is 32.9 Å². The van der Waals surface area contributed by atoms with Gasteiger partial charge in [0.25, 0.3) is 0 Å². The van der Waals surface area contributed by atoms with Crippen molar-refractivity contribution in [1.29, 1.82) is 0 Å². The number of piperidine rings is 1. The van der Waals surface area contributed by atoms with Crippen molar-refractivity contribution in [2.75, 3.05) is 64.0 Å². The number of aromatic nitrogens is 3. The van der Waals surface area contributed by atoms with E-state index in [0.29, 0.717) is 61.5 Å². The van der Waals surface area contributed by atoms with E-state index >= 15 is 4.39 Å². The molecule has 0 radical (unpaired) electrons. The molecule has 2 unspecified atom stereocenters. The van der Waals surface area contributed by atoms with Crippen LogP contribution in [0.4, 0.5) is 19.4 Å². The Morgan fingerprint density at radius 1 is 1.07 bits per heavy atom. The molecule has 2 aromatic carbocycles. The van der Waals surface area contributed by atoms with E-state index in [-0.39, 0.29) is 56.4 Å². The van der Waals surface area contributed by atoms with E-state index in [9.17, 15) is 14.3 Å². The van der Waals surface area contributed by atoms with E-state index < -0.39 is 17.2 Å². The molecule has 5 aliphatic rings. The maximum Gasteiger partial charge on any atom is 0.410 e. The number of halogens is 2. The number of carbonyl (C=O) groups is 1. The lowest BCUT2D eigenvalue weighted by Crippen LogP contribution is -2.65. The summed E-state index contributed by atoms with van der Waals surface area (Å²) >= 11 is 0. The summed E-state index contributed by atoms with van der Waals surface area (Å²) in [4.78, 5) is 33.4. The third-order valence-corrected chi connectivity index (χ3v) is 13.2. The van der Waals surface area contributed by atoms with Gasteiger partial charge in [-0.15, -0.1) is 6.42 Å². The molecule has 5 fully saturated rings. The summed E-state index contributed by atoms with van der Waals surface area (Å²) in [5.74, 6) is 2.03. The Morgan fingerprint density at radius 3 is 2.67 bits per heavy atom. The van der Waals surface area contributed by atoms with Crippen molar-refractivity contribution in [3.05, 3.63) is 47.7 Å². The van der Waals surface area contributed by atoms with Gasteiger partial charge in [0.15, 0.2) is 5.82 Å². The van der Waals surface area contributed by atoms with Gasteiger partial charge in [-0.05, 0) is 102 Å². The highest BCUT2D eigenvalue weighted by molar-refractivity contribution is 6.03. The van der Waals surface area contributed by atoms with Crippen molar-refractivity contribution >= 4 is 33.6 Å². The second-order valence-corrected chi connectivity index (χ2v) is 18.4. The molecule has 306 valence electrons.